The van der Waals surface area contributed by atoms with Crippen LogP contribution in [0.5, 0.6) is 5.75 Å². The molecule has 2 rings (SSSR count). The largest absolute Gasteiger partial charge is 0.492 e. The van der Waals surface area contributed by atoms with Gasteiger partial charge in [-0.1, -0.05) is 18.2 Å². The highest BCUT2D eigenvalue weighted by Gasteiger charge is 2.26. The maximum absolute atomic E-state index is 12.4. The molecule has 1 N–H and O–H groups in total. The number of likely N-dealkylation sites (N-methyl/N-ethyl adjacent to an activating group) is 2. The van der Waals surface area contributed by atoms with E-state index in [0.717, 1.165) is 18.6 Å². The Balaban J connectivity index is 1.70. The van der Waals surface area contributed by atoms with E-state index in [9.17, 15) is 9.59 Å². The van der Waals surface area contributed by atoms with Crippen molar-refractivity contribution in [3.63, 3.8) is 0 Å². The summed E-state index contributed by atoms with van der Waals surface area (Å²) in [6.07, 6.45) is 2.09. The number of nitrogens with zero attached hydrogens (tertiary/aromatic N) is 2. The first-order valence-electron chi connectivity index (χ1n) is 8.40. The number of benzene rings is 1. The van der Waals surface area contributed by atoms with Crippen molar-refractivity contribution in [1.29, 1.82) is 0 Å². The lowest BCUT2D eigenvalue weighted by Gasteiger charge is -2.27. The number of ether oxygens (including phenoxy) is 1. The van der Waals surface area contributed by atoms with Crippen LogP contribution in [0.3, 0.4) is 0 Å². The van der Waals surface area contributed by atoms with Crippen molar-refractivity contribution in [3.05, 3.63) is 30.3 Å². The van der Waals surface area contributed by atoms with Gasteiger partial charge >= 0.3 is 0 Å². The van der Waals surface area contributed by atoms with Gasteiger partial charge in [-0.05, 0) is 38.9 Å². The Morgan fingerprint density at radius 3 is 2.54 bits per heavy atom. The highest BCUT2D eigenvalue weighted by Crippen LogP contribution is 2.18. The Hall–Kier alpha value is -2.08. The van der Waals surface area contributed by atoms with E-state index >= 15 is 0 Å². The Kier molecular flexibility index (Phi) is 6.61. The minimum atomic E-state index is -0.303. The maximum atomic E-state index is 12.4. The van der Waals surface area contributed by atoms with Crippen LogP contribution < -0.4 is 10.1 Å². The van der Waals surface area contributed by atoms with Crippen LogP contribution in [0.4, 0.5) is 0 Å². The molecule has 6 heteroatoms. The predicted molar refractivity (Wildman–Crippen MR) is 92.8 cm³/mol. The summed E-state index contributed by atoms with van der Waals surface area (Å²) >= 11 is 0. The summed E-state index contributed by atoms with van der Waals surface area (Å²) in [6.45, 7) is 3.09. The van der Waals surface area contributed by atoms with Gasteiger partial charge in [0, 0.05) is 19.6 Å². The van der Waals surface area contributed by atoms with Crippen molar-refractivity contribution in [2.45, 2.75) is 31.8 Å². The molecule has 1 aromatic rings. The molecule has 132 valence electrons. The average Bonchev–Trinajstić information content (AvgIpc) is 3.38. The maximum Gasteiger partial charge on any atom is 0.239 e. The Labute approximate surface area is 143 Å². The van der Waals surface area contributed by atoms with Gasteiger partial charge in [-0.25, -0.2) is 0 Å². The summed E-state index contributed by atoms with van der Waals surface area (Å²) in [7, 11) is 3.55. The molecule has 2 amide bonds. The molecular weight excluding hydrogens is 306 g/mol. The number of rotatable bonds is 9. The molecular formula is C18H27N3O3. The molecule has 24 heavy (non-hydrogen) atoms. The Morgan fingerprint density at radius 1 is 1.25 bits per heavy atom. The van der Waals surface area contributed by atoms with Crippen LogP contribution in [0.1, 0.15) is 19.8 Å². The molecule has 6 nitrogen and oxygen atoms in total. The SMILES string of the molecule is CC(C(=O)N(C)CC(=O)NC1CC1)N(C)CCOc1ccccc1. The fraction of sp³-hybridized carbons (Fsp3) is 0.556. The molecule has 0 spiro atoms. The normalized spacial score (nSPS) is 15.0. The molecule has 1 aliphatic rings. The molecule has 1 fully saturated rings. The third-order valence-corrected chi connectivity index (χ3v) is 4.17. The van der Waals surface area contributed by atoms with E-state index in [2.05, 4.69) is 5.32 Å². The lowest BCUT2D eigenvalue weighted by atomic mass is 10.2. The molecule has 0 aliphatic heterocycles. The summed E-state index contributed by atoms with van der Waals surface area (Å²) in [6, 6.07) is 9.61. The highest BCUT2D eigenvalue weighted by molar-refractivity contribution is 5.87. The lowest BCUT2D eigenvalue weighted by Crippen LogP contribution is -2.48. The monoisotopic (exact) mass is 333 g/mol. The highest BCUT2D eigenvalue weighted by atomic mass is 16.5. The fourth-order valence-corrected chi connectivity index (χ4v) is 2.32. The zero-order chi connectivity index (χ0) is 17.5. The minimum Gasteiger partial charge on any atom is -0.492 e. The number of carbonyl (C=O) groups excluding carboxylic acids is 2. The van der Waals surface area contributed by atoms with Crippen LogP contribution in [0.2, 0.25) is 0 Å². The van der Waals surface area contributed by atoms with Crippen molar-refractivity contribution >= 4 is 11.8 Å². The molecule has 1 saturated carbocycles. The molecule has 1 unspecified atom stereocenters. The Morgan fingerprint density at radius 2 is 1.92 bits per heavy atom. The molecule has 1 atom stereocenters. The average molecular weight is 333 g/mol. The van der Waals surface area contributed by atoms with Gasteiger partial charge in [0.15, 0.2) is 0 Å². The van der Waals surface area contributed by atoms with E-state index in [1.54, 1.807) is 7.05 Å². The van der Waals surface area contributed by atoms with Crippen LogP contribution in [0.15, 0.2) is 30.3 Å². The first-order valence-corrected chi connectivity index (χ1v) is 8.40. The van der Waals surface area contributed by atoms with Crippen molar-refractivity contribution < 1.29 is 14.3 Å². The van der Waals surface area contributed by atoms with Gasteiger partial charge in [0.05, 0.1) is 12.6 Å². The summed E-state index contributed by atoms with van der Waals surface area (Å²) in [5, 5.41) is 2.89. The van der Waals surface area contributed by atoms with E-state index in [0.29, 0.717) is 19.2 Å². The number of carbonyl (C=O) groups is 2. The summed E-state index contributed by atoms with van der Waals surface area (Å²) in [5.41, 5.74) is 0. The second kappa shape index (κ2) is 8.68. The molecule has 0 aromatic heterocycles. The second-order valence-electron chi connectivity index (χ2n) is 6.35. The van der Waals surface area contributed by atoms with Gasteiger partial charge in [-0.3, -0.25) is 14.5 Å². The van der Waals surface area contributed by atoms with Gasteiger partial charge in [0.1, 0.15) is 12.4 Å². The summed E-state index contributed by atoms with van der Waals surface area (Å²) in [4.78, 5) is 27.6. The number of hydrogen-bond donors (Lipinski definition) is 1. The van der Waals surface area contributed by atoms with E-state index in [1.807, 2.05) is 49.2 Å². The summed E-state index contributed by atoms with van der Waals surface area (Å²) in [5.74, 6) is 0.664. The zero-order valence-electron chi connectivity index (χ0n) is 14.7. The van der Waals surface area contributed by atoms with E-state index in [-0.39, 0.29) is 24.4 Å². The van der Waals surface area contributed by atoms with Gasteiger partial charge < -0.3 is 15.0 Å². The van der Waals surface area contributed by atoms with Gasteiger partial charge in [-0.2, -0.15) is 0 Å². The third-order valence-electron chi connectivity index (χ3n) is 4.17. The standard InChI is InChI=1S/C18H27N3O3/c1-14(18(23)21(3)13-17(22)19-15-9-10-15)20(2)11-12-24-16-7-5-4-6-8-16/h4-8,14-15H,9-13H2,1-3H3,(H,19,22). The predicted octanol–water partition coefficient (Wildman–Crippen LogP) is 1.12. The number of para-hydroxylation sites is 1. The van der Waals surface area contributed by atoms with Crippen molar-refractivity contribution in [2.75, 3.05) is 33.8 Å². The van der Waals surface area contributed by atoms with Crippen LogP contribution in [-0.4, -0.2) is 67.5 Å². The first kappa shape index (κ1) is 18.3. The van der Waals surface area contributed by atoms with Gasteiger partial charge in [0.25, 0.3) is 0 Å². The minimum absolute atomic E-state index is 0.0665. The van der Waals surface area contributed by atoms with Crippen molar-refractivity contribution in [1.82, 2.24) is 15.1 Å². The van der Waals surface area contributed by atoms with Crippen molar-refractivity contribution in [3.8, 4) is 5.75 Å². The molecule has 1 aliphatic carbocycles. The second-order valence-corrected chi connectivity index (χ2v) is 6.35. The van der Waals surface area contributed by atoms with E-state index < -0.39 is 0 Å². The Bertz CT molecular complexity index is 546. The van der Waals surface area contributed by atoms with Crippen molar-refractivity contribution in [2.24, 2.45) is 0 Å². The topological polar surface area (TPSA) is 61.9 Å². The van der Waals surface area contributed by atoms with Gasteiger partial charge in [0.2, 0.25) is 11.8 Å². The van der Waals surface area contributed by atoms with Gasteiger partial charge in [-0.15, -0.1) is 0 Å². The third kappa shape index (κ3) is 5.85. The number of amides is 2. The molecule has 0 radical (unpaired) electrons. The van der Waals surface area contributed by atoms with Crippen LogP contribution in [0, 0.1) is 0 Å². The number of nitrogens with one attached hydrogen (secondary N) is 1. The van der Waals surface area contributed by atoms with Crippen LogP contribution in [-0.2, 0) is 9.59 Å². The summed E-state index contributed by atoms with van der Waals surface area (Å²) < 4.78 is 5.65. The molecule has 0 heterocycles. The fourth-order valence-electron chi connectivity index (χ4n) is 2.32. The van der Waals surface area contributed by atoms with Crippen LogP contribution in [0.25, 0.3) is 0 Å². The number of hydrogen-bond acceptors (Lipinski definition) is 4. The molecule has 0 saturated heterocycles. The quantitative estimate of drug-likeness (QED) is 0.736. The van der Waals surface area contributed by atoms with E-state index in [1.165, 1.54) is 4.90 Å². The van der Waals surface area contributed by atoms with Crippen LogP contribution >= 0.6 is 0 Å². The smallest absolute Gasteiger partial charge is 0.239 e. The molecule has 1 aromatic carbocycles. The zero-order valence-corrected chi connectivity index (χ0v) is 14.7. The first-order chi connectivity index (χ1) is 11.5. The lowest BCUT2D eigenvalue weighted by molar-refractivity contribution is -0.138. The van der Waals surface area contributed by atoms with E-state index in [4.69, 9.17) is 4.74 Å². The molecule has 0 bridgehead atoms.